The maximum absolute atomic E-state index is 12.3. The largest absolute Gasteiger partial charge is 0.447 e. The van der Waals surface area contributed by atoms with Crippen LogP contribution in [-0.4, -0.2) is 30.1 Å². The minimum absolute atomic E-state index is 0.0576. The number of imide groups is 1. The number of hydrogen-bond donors (Lipinski definition) is 0. The fourth-order valence-corrected chi connectivity index (χ4v) is 2.67. The molecule has 0 radical (unpaired) electrons. The number of unbranched alkanes of at least 4 members (excludes halogenated alkanes) is 2. The molecule has 1 aliphatic carbocycles. The molecule has 0 aromatic carbocycles. The number of rotatable bonds is 4. The average molecular weight is 251 g/mol. The molecular weight excluding hydrogens is 230 g/mol. The highest BCUT2D eigenvalue weighted by Crippen LogP contribution is 2.33. The van der Waals surface area contributed by atoms with Gasteiger partial charge in [-0.25, -0.2) is 9.69 Å². The van der Waals surface area contributed by atoms with Crippen LogP contribution in [0.4, 0.5) is 4.79 Å². The third-order valence-corrected chi connectivity index (χ3v) is 3.69. The highest BCUT2D eigenvalue weighted by Gasteiger charge is 2.36. The fraction of sp³-hybridized carbons (Fsp3) is 0.714. The topological polar surface area (TPSA) is 46.6 Å². The molecule has 0 aromatic rings. The van der Waals surface area contributed by atoms with Crippen molar-refractivity contribution in [1.82, 2.24) is 4.90 Å². The van der Waals surface area contributed by atoms with Crippen molar-refractivity contribution in [3.63, 3.8) is 0 Å². The van der Waals surface area contributed by atoms with Gasteiger partial charge in [-0.05, 0) is 25.7 Å². The van der Waals surface area contributed by atoms with E-state index in [0.29, 0.717) is 13.2 Å². The van der Waals surface area contributed by atoms with Crippen LogP contribution in [-0.2, 0) is 9.53 Å². The summed E-state index contributed by atoms with van der Waals surface area (Å²) in [7, 11) is 0. The van der Waals surface area contributed by atoms with Gasteiger partial charge in [0.1, 0.15) is 6.61 Å². The summed E-state index contributed by atoms with van der Waals surface area (Å²) in [5, 5.41) is 0. The van der Waals surface area contributed by atoms with Gasteiger partial charge < -0.3 is 4.74 Å². The number of ether oxygens (including phenoxy) is 1. The Hall–Kier alpha value is -1.32. The Morgan fingerprint density at radius 2 is 2.39 bits per heavy atom. The van der Waals surface area contributed by atoms with Gasteiger partial charge in [0.15, 0.2) is 0 Å². The van der Waals surface area contributed by atoms with E-state index in [1.165, 1.54) is 16.9 Å². The van der Waals surface area contributed by atoms with Crippen LogP contribution in [0.2, 0.25) is 0 Å². The second kappa shape index (κ2) is 6.03. The summed E-state index contributed by atoms with van der Waals surface area (Å²) in [6.45, 7) is 2.92. The van der Waals surface area contributed by atoms with Crippen LogP contribution in [0.15, 0.2) is 11.6 Å². The first-order valence-corrected chi connectivity index (χ1v) is 6.91. The second-order valence-electron chi connectivity index (χ2n) is 4.97. The van der Waals surface area contributed by atoms with Crippen LogP contribution in [0.5, 0.6) is 0 Å². The van der Waals surface area contributed by atoms with E-state index in [1.807, 2.05) is 0 Å². The van der Waals surface area contributed by atoms with Crippen molar-refractivity contribution in [2.24, 2.45) is 5.92 Å². The van der Waals surface area contributed by atoms with Crippen molar-refractivity contribution in [3.8, 4) is 0 Å². The average Bonchev–Trinajstić information content (AvgIpc) is 2.97. The molecule has 1 aliphatic heterocycles. The SMILES string of the molecule is CCCC/C=C1/CCCC1C(=O)N1CCOC1=O. The van der Waals surface area contributed by atoms with Gasteiger partial charge in [0.25, 0.3) is 0 Å². The number of cyclic esters (lactones) is 1. The number of amides is 2. The smallest absolute Gasteiger partial charge is 0.416 e. The van der Waals surface area contributed by atoms with E-state index < -0.39 is 6.09 Å². The summed E-state index contributed by atoms with van der Waals surface area (Å²) < 4.78 is 4.83. The van der Waals surface area contributed by atoms with Crippen LogP contribution in [0, 0.1) is 5.92 Å². The zero-order valence-corrected chi connectivity index (χ0v) is 11.0. The van der Waals surface area contributed by atoms with Gasteiger partial charge >= 0.3 is 6.09 Å². The fourth-order valence-electron chi connectivity index (χ4n) is 2.67. The standard InChI is InChI=1S/C14H21NO3/c1-2-3-4-6-11-7-5-8-12(11)13(16)15-9-10-18-14(15)17/h6,12H,2-5,7-10H2,1H3/b11-6-. The molecule has 2 fully saturated rings. The van der Waals surface area contributed by atoms with Gasteiger partial charge in [0.05, 0.1) is 12.5 Å². The van der Waals surface area contributed by atoms with E-state index in [-0.39, 0.29) is 11.8 Å². The molecule has 1 unspecified atom stereocenters. The summed E-state index contributed by atoms with van der Waals surface area (Å²) in [4.78, 5) is 25.0. The first kappa shape index (κ1) is 13.1. The Bertz CT molecular complexity index is 362. The predicted octanol–water partition coefficient (Wildman–Crippen LogP) is 2.88. The van der Waals surface area contributed by atoms with Gasteiger partial charge in [0.2, 0.25) is 5.91 Å². The number of carbonyl (C=O) groups excluding carboxylic acids is 2. The molecule has 0 spiro atoms. The van der Waals surface area contributed by atoms with Gasteiger partial charge in [-0.15, -0.1) is 0 Å². The van der Waals surface area contributed by atoms with Crippen LogP contribution < -0.4 is 0 Å². The molecule has 1 heterocycles. The Morgan fingerprint density at radius 3 is 3.06 bits per heavy atom. The highest BCUT2D eigenvalue weighted by atomic mass is 16.6. The van der Waals surface area contributed by atoms with Crippen molar-refractivity contribution in [2.75, 3.05) is 13.2 Å². The minimum atomic E-state index is -0.472. The van der Waals surface area contributed by atoms with Crippen molar-refractivity contribution in [1.29, 1.82) is 0 Å². The van der Waals surface area contributed by atoms with Crippen LogP contribution >= 0.6 is 0 Å². The normalized spacial score (nSPS) is 25.8. The number of carbonyl (C=O) groups is 2. The first-order chi connectivity index (χ1) is 8.74. The maximum Gasteiger partial charge on any atom is 0.416 e. The molecule has 0 bridgehead atoms. The Balaban J connectivity index is 2.00. The minimum Gasteiger partial charge on any atom is -0.447 e. The first-order valence-electron chi connectivity index (χ1n) is 6.91. The Labute approximate surface area is 108 Å². The highest BCUT2D eigenvalue weighted by molar-refractivity contribution is 5.95. The quantitative estimate of drug-likeness (QED) is 0.570. The number of allylic oxidation sites excluding steroid dienone is 1. The molecule has 2 rings (SSSR count). The third kappa shape index (κ3) is 2.74. The Kier molecular flexibility index (Phi) is 4.39. The van der Waals surface area contributed by atoms with Crippen LogP contribution in [0.25, 0.3) is 0 Å². The summed E-state index contributed by atoms with van der Waals surface area (Å²) in [5.41, 5.74) is 1.23. The van der Waals surface area contributed by atoms with E-state index in [0.717, 1.165) is 32.1 Å². The molecule has 100 valence electrons. The Morgan fingerprint density at radius 1 is 1.56 bits per heavy atom. The zero-order valence-electron chi connectivity index (χ0n) is 11.0. The van der Waals surface area contributed by atoms with E-state index >= 15 is 0 Å². The predicted molar refractivity (Wildman–Crippen MR) is 68.0 cm³/mol. The molecule has 2 aliphatic rings. The molecule has 4 heteroatoms. The van der Waals surface area contributed by atoms with Crippen LogP contribution in [0.3, 0.4) is 0 Å². The molecule has 0 N–H and O–H groups in total. The zero-order chi connectivity index (χ0) is 13.0. The molecular formula is C14H21NO3. The van der Waals surface area contributed by atoms with Gasteiger partial charge in [-0.3, -0.25) is 4.79 Å². The van der Waals surface area contributed by atoms with E-state index in [4.69, 9.17) is 4.74 Å². The van der Waals surface area contributed by atoms with Crippen molar-refractivity contribution in [2.45, 2.75) is 45.4 Å². The molecule has 4 nitrogen and oxygen atoms in total. The number of hydrogen-bond acceptors (Lipinski definition) is 3. The van der Waals surface area contributed by atoms with Gasteiger partial charge in [0, 0.05) is 0 Å². The summed E-state index contributed by atoms with van der Waals surface area (Å²) in [6.07, 6.45) is 8.04. The lowest BCUT2D eigenvalue weighted by Gasteiger charge is -2.17. The summed E-state index contributed by atoms with van der Waals surface area (Å²) >= 11 is 0. The maximum atomic E-state index is 12.3. The summed E-state index contributed by atoms with van der Waals surface area (Å²) in [5.74, 6) is -0.134. The monoisotopic (exact) mass is 251 g/mol. The lowest BCUT2D eigenvalue weighted by atomic mass is 9.99. The van der Waals surface area contributed by atoms with E-state index in [9.17, 15) is 9.59 Å². The van der Waals surface area contributed by atoms with E-state index in [1.54, 1.807) is 0 Å². The molecule has 18 heavy (non-hydrogen) atoms. The summed E-state index contributed by atoms with van der Waals surface area (Å²) in [6, 6.07) is 0. The second-order valence-corrected chi connectivity index (χ2v) is 4.97. The van der Waals surface area contributed by atoms with Crippen molar-refractivity contribution in [3.05, 3.63) is 11.6 Å². The van der Waals surface area contributed by atoms with Gasteiger partial charge in [-0.2, -0.15) is 0 Å². The molecule has 2 amide bonds. The van der Waals surface area contributed by atoms with Gasteiger partial charge in [-0.1, -0.05) is 31.4 Å². The molecule has 0 aromatic heterocycles. The van der Waals surface area contributed by atoms with Crippen molar-refractivity contribution < 1.29 is 14.3 Å². The number of nitrogens with zero attached hydrogens (tertiary/aromatic N) is 1. The third-order valence-electron chi connectivity index (χ3n) is 3.69. The molecule has 1 saturated carbocycles. The lowest BCUT2D eigenvalue weighted by molar-refractivity contribution is -0.130. The molecule has 1 atom stereocenters. The lowest BCUT2D eigenvalue weighted by Crippen LogP contribution is -2.36. The molecule has 1 saturated heterocycles. The van der Waals surface area contributed by atoms with Crippen molar-refractivity contribution >= 4 is 12.0 Å². The van der Waals surface area contributed by atoms with Crippen LogP contribution in [0.1, 0.15) is 45.4 Å². The van der Waals surface area contributed by atoms with E-state index in [2.05, 4.69) is 13.0 Å².